The fourth-order valence-electron chi connectivity index (χ4n) is 1.39. The van der Waals surface area contributed by atoms with Crippen LogP contribution in [-0.4, -0.2) is 11.5 Å². The predicted molar refractivity (Wildman–Crippen MR) is 67.4 cm³/mol. The van der Waals surface area contributed by atoms with Gasteiger partial charge in [-0.05, 0) is 52.9 Å². The van der Waals surface area contributed by atoms with Crippen LogP contribution in [0.3, 0.4) is 0 Å². The molecule has 0 aliphatic heterocycles. The Kier molecular flexibility index (Phi) is 3.87. The number of carbonyl (C=O) groups excluding carboxylic acids is 1. The Morgan fingerprint density at radius 3 is 2.87 bits per heavy atom. The van der Waals surface area contributed by atoms with Gasteiger partial charge < -0.3 is 4.79 Å². The summed E-state index contributed by atoms with van der Waals surface area (Å²) in [5.74, 6) is 0. The molecule has 0 spiro atoms. The normalized spacial score (nSPS) is 15.3. The van der Waals surface area contributed by atoms with Crippen LogP contribution in [0.5, 0.6) is 0 Å². The number of benzene rings is 1. The monoisotopic (exact) mass is 284 g/mol. The largest absolute Gasteiger partial charge is 0.303 e. The Morgan fingerprint density at radius 2 is 2.27 bits per heavy atom. The lowest BCUT2D eigenvalue weighted by Gasteiger charge is -2.05. The van der Waals surface area contributed by atoms with Gasteiger partial charge in [-0.1, -0.05) is 6.07 Å². The quantitative estimate of drug-likeness (QED) is 0.765. The van der Waals surface area contributed by atoms with Gasteiger partial charge in [0.2, 0.25) is 0 Å². The average molecular weight is 285 g/mol. The van der Waals surface area contributed by atoms with E-state index in [4.69, 9.17) is 0 Å². The van der Waals surface area contributed by atoms with Gasteiger partial charge in [0.15, 0.2) is 0 Å². The lowest BCUT2D eigenvalue weighted by molar-refractivity contribution is -0.107. The third-order valence-electron chi connectivity index (χ3n) is 2.37. The molecule has 0 heterocycles. The Hall–Kier alpha value is -0.280. The van der Waals surface area contributed by atoms with E-state index < -0.39 is 0 Å². The van der Waals surface area contributed by atoms with Crippen LogP contribution in [0.1, 0.15) is 24.8 Å². The maximum Gasteiger partial charge on any atom is 0.120 e. The number of rotatable bonds is 5. The third-order valence-corrected chi connectivity index (χ3v) is 4.70. The molecule has 15 heavy (non-hydrogen) atoms. The van der Waals surface area contributed by atoms with Crippen molar-refractivity contribution in [2.75, 3.05) is 0 Å². The third kappa shape index (κ3) is 3.35. The summed E-state index contributed by atoms with van der Waals surface area (Å²) in [5.41, 5.74) is 1.23. The van der Waals surface area contributed by atoms with Gasteiger partial charge in [-0.25, -0.2) is 0 Å². The van der Waals surface area contributed by atoms with Crippen LogP contribution in [0.4, 0.5) is 0 Å². The highest BCUT2D eigenvalue weighted by molar-refractivity contribution is 9.10. The second-order valence-electron chi connectivity index (χ2n) is 3.79. The van der Waals surface area contributed by atoms with Crippen molar-refractivity contribution in [3.63, 3.8) is 0 Å². The first-order valence-electron chi connectivity index (χ1n) is 5.18. The summed E-state index contributed by atoms with van der Waals surface area (Å²) in [4.78, 5) is 11.6. The molecular weight excluding hydrogens is 272 g/mol. The highest BCUT2D eigenvalue weighted by Crippen LogP contribution is 2.42. The fourth-order valence-corrected chi connectivity index (χ4v) is 3.14. The number of thioether (sulfide) groups is 1. The van der Waals surface area contributed by atoms with E-state index in [1.807, 2.05) is 11.8 Å². The van der Waals surface area contributed by atoms with Crippen LogP contribution in [0.15, 0.2) is 27.6 Å². The molecule has 1 aliphatic carbocycles. The number of carbonyl (C=O) groups is 1. The fraction of sp³-hybridized carbons (Fsp3) is 0.417. The zero-order chi connectivity index (χ0) is 10.7. The van der Waals surface area contributed by atoms with E-state index in [-0.39, 0.29) is 0 Å². The summed E-state index contributed by atoms with van der Waals surface area (Å²) in [6.07, 6.45) is 5.13. The Labute approximate surface area is 103 Å². The van der Waals surface area contributed by atoms with Crippen molar-refractivity contribution in [3.8, 4) is 0 Å². The molecule has 1 aromatic carbocycles. The second-order valence-corrected chi connectivity index (χ2v) is 5.98. The topological polar surface area (TPSA) is 17.1 Å². The van der Waals surface area contributed by atoms with E-state index >= 15 is 0 Å². The van der Waals surface area contributed by atoms with E-state index in [1.54, 1.807) is 0 Å². The van der Waals surface area contributed by atoms with Crippen molar-refractivity contribution in [2.24, 2.45) is 0 Å². The van der Waals surface area contributed by atoms with Crippen LogP contribution in [0, 0.1) is 0 Å². The van der Waals surface area contributed by atoms with Crippen LogP contribution >= 0.6 is 27.7 Å². The van der Waals surface area contributed by atoms with E-state index in [1.165, 1.54) is 27.8 Å². The summed E-state index contributed by atoms with van der Waals surface area (Å²) in [5, 5.41) is 0.835. The molecule has 1 nitrogen and oxygen atoms in total. The van der Waals surface area contributed by atoms with Gasteiger partial charge in [-0.15, -0.1) is 11.8 Å². The van der Waals surface area contributed by atoms with E-state index in [9.17, 15) is 4.79 Å². The van der Waals surface area contributed by atoms with Gasteiger partial charge in [-0.3, -0.25) is 0 Å². The minimum atomic E-state index is 0.613. The molecule has 2 rings (SSSR count). The van der Waals surface area contributed by atoms with Gasteiger partial charge in [-0.2, -0.15) is 0 Å². The van der Waals surface area contributed by atoms with Crippen LogP contribution in [-0.2, 0) is 11.2 Å². The number of aryl methyl sites for hydroxylation is 1. The summed E-state index contributed by atoms with van der Waals surface area (Å²) >= 11 is 5.54. The standard InChI is InChI=1S/C12H13BrOS/c13-11-8-9(2-1-7-14)3-6-12(11)15-10-4-5-10/h3,6-8,10H,1-2,4-5H2. The van der Waals surface area contributed by atoms with Crippen molar-refractivity contribution >= 4 is 34.0 Å². The van der Waals surface area contributed by atoms with Crippen molar-refractivity contribution in [1.82, 2.24) is 0 Å². The summed E-state index contributed by atoms with van der Waals surface area (Å²) < 4.78 is 1.17. The molecule has 3 heteroatoms. The zero-order valence-electron chi connectivity index (χ0n) is 8.41. The van der Waals surface area contributed by atoms with Gasteiger partial charge in [0, 0.05) is 21.0 Å². The predicted octanol–water partition coefficient (Wildman–Crippen LogP) is 3.84. The smallest absolute Gasteiger partial charge is 0.120 e. The van der Waals surface area contributed by atoms with Gasteiger partial charge in [0.1, 0.15) is 6.29 Å². The molecule has 1 fully saturated rings. The number of hydrogen-bond acceptors (Lipinski definition) is 2. The van der Waals surface area contributed by atoms with Crippen molar-refractivity contribution < 1.29 is 4.79 Å². The number of aldehydes is 1. The maximum atomic E-state index is 10.3. The molecule has 0 saturated heterocycles. The van der Waals surface area contributed by atoms with Crippen LogP contribution in [0.2, 0.25) is 0 Å². The molecule has 80 valence electrons. The van der Waals surface area contributed by atoms with Crippen LogP contribution in [0.25, 0.3) is 0 Å². The zero-order valence-corrected chi connectivity index (χ0v) is 10.8. The molecule has 0 bridgehead atoms. The van der Waals surface area contributed by atoms with E-state index in [0.717, 1.165) is 18.0 Å². The molecule has 1 aliphatic rings. The van der Waals surface area contributed by atoms with E-state index in [2.05, 4.69) is 34.1 Å². The van der Waals surface area contributed by atoms with Gasteiger partial charge in [0.05, 0.1) is 0 Å². The van der Waals surface area contributed by atoms with Gasteiger partial charge in [0.25, 0.3) is 0 Å². The molecule has 0 radical (unpaired) electrons. The second kappa shape index (κ2) is 5.17. The SMILES string of the molecule is O=CCCc1ccc(SC2CC2)c(Br)c1. The van der Waals surface area contributed by atoms with Crippen molar-refractivity contribution in [2.45, 2.75) is 35.8 Å². The molecule has 1 aromatic rings. The first-order chi connectivity index (χ1) is 7.29. The minimum Gasteiger partial charge on any atom is -0.303 e. The summed E-state index contributed by atoms with van der Waals surface area (Å²) in [7, 11) is 0. The Bertz CT molecular complexity index is 361. The summed E-state index contributed by atoms with van der Waals surface area (Å²) in [6, 6.07) is 6.42. The van der Waals surface area contributed by atoms with Crippen molar-refractivity contribution in [3.05, 3.63) is 28.2 Å². The highest BCUT2D eigenvalue weighted by Gasteiger charge is 2.23. The molecule has 0 unspecified atom stereocenters. The maximum absolute atomic E-state index is 10.3. The van der Waals surface area contributed by atoms with Crippen LogP contribution < -0.4 is 0 Å². The minimum absolute atomic E-state index is 0.613. The highest BCUT2D eigenvalue weighted by atomic mass is 79.9. The van der Waals surface area contributed by atoms with Crippen molar-refractivity contribution in [1.29, 1.82) is 0 Å². The van der Waals surface area contributed by atoms with Gasteiger partial charge >= 0.3 is 0 Å². The lowest BCUT2D eigenvalue weighted by atomic mass is 10.1. The molecular formula is C12H13BrOS. The summed E-state index contributed by atoms with van der Waals surface area (Å²) in [6.45, 7) is 0. The molecule has 1 saturated carbocycles. The Morgan fingerprint density at radius 1 is 1.47 bits per heavy atom. The molecule has 0 N–H and O–H groups in total. The van der Waals surface area contributed by atoms with E-state index in [0.29, 0.717) is 6.42 Å². The first-order valence-corrected chi connectivity index (χ1v) is 6.85. The molecule has 0 atom stereocenters. The lowest BCUT2D eigenvalue weighted by Crippen LogP contribution is -1.87. The molecule has 0 aromatic heterocycles. The Balaban J connectivity index is 2.03. The molecule has 0 amide bonds. The number of hydrogen-bond donors (Lipinski definition) is 0. The average Bonchev–Trinajstić information content (AvgIpc) is 3.02. The number of halogens is 1. The first kappa shape index (κ1) is 11.2.